The minimum absolute atomic E-state index is 0.0865. The van der Waals surface area contributed by atoms with Gasteiger partial charge in [-0.2, -0.15) is 0 Å². The van der Waals surface area contributed by atoms with Crippen molar-refractivity contribution in [3.8, 4) is 5.75 Å². The Morgan fingerprint density at radius 3 is 2.79 bits per heavy atom. The summed E-state index contributed by atoms with van der Waals surface area (Å²) in [7, 11) is 1.39. The van der Waals surface area contributed by atoms with Crippen molar-refractivity contribution in [2.24, 2.45) is 5.73 Å². The Labute approximate surface area is 122 Å². The first kappa shape index (κ1) is 16.0. The molecule has 0 bridgehead atoms. The van der Waals surface area contributed by atoms with Crippen molar-refractivity contribution in [3.63, 3.8) is 0 Å². The van der Waals surface area contributed by atoms with E-state index in [9.17, 15) is 4.79 Å². The number of methoxy groups -OCH3 is 1. The number of nitrogens with two attached hydrogens (primary N) is 1. The predicted octanol–water partition coefficient (Wildman–Crippen LogP) is 3.19. The Kier molecular flexibility index (Phi) is 6.87. The average molecular weight is 330 g/mol. The van der Waals surface area contributed by atoms with E-state index < -0.39 is 0 Å². The van der Waals surface area contributed by atoms with E-state index in [-0.39, 0.29) is 12.0 Å². The predicted molar refractivity (Wildman–Crippen MR) is 78.1 cm³/mol. The van der Waals surface area contributed by atoms with Crippen LogP contribution < -0.4 is 10.5 Å². The molecule has 0 fully saturated rings. The zero-order chi connectivity index (χ0) is 14.3. The van der Waals surface area contributed by atoms with Crippen LogP contribution in [0.15, 0.2) is 22.7 Å². The first-order valence-corrected chi connectivity index (χ1v) is 7.12. The molecule has 0 saturated carbocycles. The smallest absolute Gasteiger partial charge is 0.305 e. The summed E-state index contributed by atoms with van der Waals surface area (Å²) >= 11 is 3.46. The van der Waals surface area contributed by atoms with E-state index in [1.807, 2.05) is 25.1 Å². The summed E-state index contributed by atoms with van der Waals surface area (Å²) in [4.78, 5) is 11.0. The Balaban J connectivity index is 2.55. The molecule has 1 unspecified atom stereocenters. The van der Waals surface area contributed by atoms with Crippen molar-refractivity contribution in [3.05, 3.63) is 28.2 Å². The molecule has 0 radical (unpaired) electrons. The topological polar surface area (TPSA) is 61.5 Å². The Morgan fingerprint density at radius 2 is 2.21 bits per heavy atom. The molecule has 106 valence electrons. The van der Waals surface area contributed by atoms with Crippen molar-refractivity contribution in [2.45, 2.75) is 32.2 Å². The van der Waals surface area contributed by atoms with Gasteiger partial charge >= 0.3 is 5.97 Å². The Bertz CT molecular complexity index is 423. The van der Waals surface area contributed by atoms with Gasteiger partial charge in [0.2, 0.25) is 0 Å². The second kappa shape index (κ2) is 8.17. The highest BCUT2D eigenvalue weighted by molar-refractivity contribution is 9.10. The molecule has 0 spiro atoms. The van der Waals surface area contributed by atoms with Gasteiger partial charge in [-0.15, -0.1) is 0 Å². The number of esters is 1. The molecule has 0 aliphatic heterocycles. The molecule has 1 rings (SSSR count). The van der Waals surface area contributed by atoms with Crippen LogP contribution in [0.5, 0.6) is 5.75 Å². The fourth-order valence-electron chi connectivity index (χ4n) is 1.76. The number of hydrogen-bond donors (Lipinski definition) is 1. The third-order valence-electron chi connectivity index (χ3n) is 2.81. The standard InChI is InChI=1S/C14H20BrNO3/c1-3-19-13-8-7-10(9-11(13)15)12(16)5-4-6-14(17)18-2/h7-9,12H,3-6,16H2,1-2H3. The summed E-state index contributed by atoms with van der Waals surface area (Å²) in [5.41, 5.74) is 7.13. The molecular formula is C14H20BrNO3. The molecule has 2 N–H and O–H groups in total. The van der Waals surface area contributed by atoms with E-state index in [0.29, 0.717) is 13.0 Å². The highest BCUT2D eigenvalue weighted by atomic mass is 79.9. The first-order valence-electron chi connectivity index (χ1n) is 6.33. The molecule has 0 aromatic heterocycles. The molecule has 1 aromatic carbocycles. The van der Waals surface area contributed by atoms with Gasteiger partial charge in [0.15, 0.2) is 0 Å². The molecule has 1 aromatic rings. The van der Waals surface area contributed by atoms with Gasteiger partial charge in [0, 0.05) is 12.5 Å². The van der Waals surface area contributed by atoms with E-state index in [2.05, 4.69) is 20.7 Å². The summed E-state index contributed by atoms with van der Waals surface area (Å²) in [6.07, 6.45) is 1.87. The van der Waals surface area contributed by atoms with E-state index in [0.717, 1.165) is 28.6 Å². The van der Waals surface area contributed by atoms with Crippen molar-refractivity contribution in [2.75, 3.05) is 13.7 Å². The van der Waals surface area contributed by atoms with Gasteiger partial charge in [0.05, 0.1) is 18.2 Å². The quantitative estimate of drug-likeness (QED) is 0.780. The maximum atomic E-state index is 11.0. The number of benzene rings is 1. The number of carbonyl (C=O) groups excluding carboxylic acids is 1. The zero-order valence-electron chi connectivity index (χ0n) is 11.3. The average Bonchev–Trinajstić information content (AvgIpc) is 2.40. The van der Waals surface area contributed by atoms with Crippen molar-refractivity contribution < 1.29 is 14.3 Å². The lowest BCUT2D eigenvalue weighted by molar-refractivity contribution is -0.140. The minimum atomic E-state index is -0.194. The van der Waals surface area contributed by atoms with Crippen LogP contribution in [0.25, 0.3) is 0 Å². The fraction of sp³-hybridized carbons (Fsp3) is 0.500. The van der Waals surface area contributed by atoms with Crippen molar-refractivity contribution >= 4 is 21.9 Å². The van der Waals surface area contributed by atoms with Gasteiger partial charge in [0.25, 0.3) is 0 Å². The largest absolute Gasteiger partial charge is 0.493 e. The summed E-state index contributed by atoms with van der Waals surface area (Å²) in [6.45, 7) is 2.57. The Hall–Kier alpha value is -1.07. The molecule has 19 heavy (non-hydrogen) atoms. The van der Waals surface area contributed by atoms with Crippen LogP contribution in [-0.4, -0.2) is 19.7 Å². The number of rotatable bonds is 7. The van der Waals surface area contributed by atoms with Crippen molar-refractivity contribution in [1.82, 2.24) is 0 Å². The summed E-state index contributed by atoms with van der Waals surface area (Å²) in [5, 5.41) is 0. The van der Waals surface area contributed by atoms with Crippen LogP contribution in [0.2, 0.25) is 0 Å². The van der Waals surface area contributed by atoms with Crippen LogP contribution in [0.1, 0.15) is 37.8 Å². The number of ether oxygens (including phenoxy) is 2. The molecule has 4 nitrogen and oxygen atoms in total. The van der Waals surface area contributed by atoms with Gasteiger partial charge < -0.3 is 15.2 Å². The maximum absolute atomic E-state index is 11.0. The lowest BCUT2D eigenvalue weighted by atomic mass is 10.0. The third kappa shape index (κ3) is 5.20. The molecule has 5 heteroatoms. The van der Waals surface area contributed by atoms with Gasteiger partial charge in [-0.25, -0.2) is 0 Å². The lowest BCUT2D eigenvalue weighted by Crippen LogP contribution is -2.11. The minimum Gasteiger partial charge on any atom is -0.493 e. The number of hydrogen-bond acceptors (Lipinski definition) is 4. The molecule has 0 aliphatic carbocycles. The zero-order valence-corrected chi connectivity index (χ0v) is 12.9. The van der Waals surface area contributed by atoms with Crippen molar-refractivity contribution in [1.29, 1.82) is 0 Å². The monoisotopic (exact) mass is 329 g/mol. The van der Waals surface area contributed by atoms with E-state index in [1.165, 1.54) is 7.11 Å². The van der Waals surface area contributed by atoms with Crippen LogP contribution in [0, 0.1) is 0 Å². The van der Waals surface area contributed by atoms with Crippen LogP contribution >= 0.6 is 15.9 Å². The second-order valence-corrected chi connectivity index (χ2v) is 5.05. The normalized spacial score (nSPS) is 12.0. The maximum Gasteiger partial charge on any atom is 0.305 e. The Morgan fingerprint density at radius 1 is 1.47 bits per heavy atom. The van der Waals surface area contributed by atoms with Crippen LogP contribution in [0.3, 0.4) is 0 Å². The van der Waals surface area contributed by atoms with E-state index in [1.54, 1.807) is 0 Å². The number of carbonyl (C=O) groups is 1. The van der Waals surface area contributed by atoms with E-state index >= 15 is 0 Å². The SMILES string of the molecule is CCOc1ccc(C(N)CCCC(=O)OC)cc1Br. The summed E-state index contributed by atoms with van der Waals surface area (Å²) in [6, 6.07) is 5.74. The highest BCUT2D eigenvalue weighted by Crippen LogP contribution is 2.29. The van der Waals surface area contributed by atoms with Gasteiger partial charge in [-0.1, -0.05) is 6.07 Å². The molecular weight excluding hydrogens is 310 g/mol. The molecule has 0 heterocycles. The lowest BCUT2D eigenvalue weighted by Gasteiger charge is -2.14. The number of halogens is 1. The summed E-state index contributed by atoms with van der Waals surface area (Å²) in [5.74, 6) is 0.619. The van der Waals surface area contributed by atoms with Crippen LogP contribution in [-0.2, 0) is 9.53 Å². The first-order chi connectivity index (χ1) is 9.08. The fourth-order valence-corrected chi connectivity index (χ4v) is 2.27. The van der Waals surface area contributed by atoms with Gasteiger partial charge in [0.1, 0.15) is 5.75 Å². The summed E-state index contributed by atoms with van der Waals surface area (Å²) < 4.78 is 10.9. The van der Waals surface area contributed by atoms with E-state index in [4.69, 9.17) is 10.5 Å². The molecule has 1 atom stereocenters. The van der Waals surface area contributed by atoms with Gasteiger partial charge in [-0.05, 0) is 53.4 Å². The van der Waals surface area contributed by atoms with Gasteiger partial charge in [-0.3, -0.25) is 4.79 Å². The molecule has 0 aliphatic rings. The third-order valence-corrected chi connectivity index (χ3v) is 3.43. The second-order valence-electron chi connectivity index (χ2n) is 4.20. The molecule has 0 amide bonds. The highest BCUT2D eigenvalue weighted by Gasteiger charge is 2.10. The molecule has 0 saturated heterocycles. The van der Waals surface area contributed by atoms with Crippen LogP contribution in [0.4, 0.5) is 0 Å².